The number of piperidine rings is 1. The SMILES string of the molecule is Cc1cc(C)n(C2CCN(Cc3ccc4ccccc4n3)CC2)n1. The molecular weight excluding hydrogens is 296 g/mol. The van der Waals surface area contributed by atoms with Crippen LogP contribution >= 0.6 is 0 Å². The van der Waals surface area contributed by atoms with Crippen molar-refractivity contribution >= 4 is 10.9 Å². The molecule has 4 nitrogen and oxygen atoms in total. The fourth-order valence-corrected chi connectivity index (χ4v) is 3.76. The van der Waals surface area contributed by atoms with Gasteiger partial charge >= 0.3 is 0 Å². The highest BCUT2D eigenvalue weighted by atomic mass is 15.3. The highest BCUT2D eigenvalue weighted by Gasteiger charge is 2.22. The first-order chi connectivity index (χ1) is 11.7. The van der Waals surface area contributed by atoms with Crippen LogP contribution in [-0.4, -0.2) is 32.8 Å². The van der Waals surface area contributed by atoms with Crippen LogP contribution in [0.1, 0.15) is 36.0 Å². The van der Waals surface area contributed by atoms with Gasteiger partial charge in [0.2, 0.25) is 0 Å². The molecule has 4 heteroatoms. The molecule has 1 aromatic carbocycles. The number of hydrogen-bond donors (Lipinski definition) is 0. The van der Waals surface area contributed by atoms with E-state index in [0.717, 1.165) is 43.7 Å². The summed E-state index contributed by atoms with van der Waals surface area (Å²) in [7, 11) is 0. The summed E-state index contributed by atoms with van der Waals surface area (Å²) >= 11 is 0. The Bertz CT molecular complexity index is 844. The fraction of sp³-hybridized carbons (Fsp3) is 0.400. The van der Waals surface area contributed by atoms with E-state index in [9.17, 15) is 0 Å². The normalized spacial score (nSPS) is 16.8. The van der Waals surface area contributed by atoms with Gasteiger partial charge < -0.3 is 0 Å². The molecular formula is C20H24N4. The average Bonchev–Trinajstić information content (AvgIpc) is 2.94. The number of hydrogen-bond acceptors (Lipinski definition) is 3. The van der Waals surface area contributed by atoms with E-state index < -0.39 is 0 Å². The molecule has 124 valence electrons. The van der Waals surface area contributed by atoms with Crippen LogP contribution in [0.3, 0.4) is 0 Å². The number of benzene rings is 1. The standard InChI is InChI=1S/C20H24N4/c1-15-13-16(2)24(22-15)19-9-11-23(12-10-19)14-18-8-7-17-5-3-4-6-20(17)21-18/h3-8,13,19H,9-12,14H2,1-2H3. The maximum absolute atomic E-state index is 4.80. The third-order valence-corrected chi connectivity index (χ3v) is 4.99. The van der Waals surface area contributed by atoms with Crippen molar-refractivity contribution in [3.05, 3.63) is 59.5 Å². The van der Waals surface area contributed by atoms with E-state index in [1.165, 1.54) is 16.8 Å². The second kappa shape index (κ2) is 6.36. The molecule has 0 amide bonds. The number of para-hydroxylation sites is 1. The van der Waals surface area contributed by atoms with Gasteiger partial charge in [-0.2, -0.15) is 5.10 Å². The lowest BCUT2D eigenvalue weighted by molar-refractivity contribution is 0.170. The Labute approximate surface area is 143 Å². The van der Waals surface area contributed by atoms with Gasteiger partial charge in [-0.15, -0.1) is 0 Å². The molecule has 1 aliphatic rings. The molecule has 2 aromatic heterocycles. The van der Waals surface area contributed by atoms with Crippen LogP contribution in [0.25, 0.3) is 10.9 Å². The second-order valence-electron chi connectivity index (χ2n) is 6.87. The van der Waals surface area contributed by atoms with Gasteiger partial charge in [0.1, 0.15) is 0 Å². The van der Waals surface area contributed by atoms with Crippen molar-refractivity contribution < 1.29 is 0 Å². The molecule has 1 aliphatic heterocycles. The Balaban J connectivity index is 1.41. The molecule has 24 heavy (non-hydrogen) atoms. The molecule has 0 saturated carbocycles. The molecule has 3 heterocycles. The van der Waals surface area contributed by atoms with E-state index in [0.29, 0.717) is 6.04 Å². The number of fused-ring (bicyclic) bond motifs is 1. The summed E-state index contributed by atoms with van der Waals surface area (Å²) in [4.78, 5) is 7.32. The van der Waals surface area contributed by atoms with Crippen molar-refractivity contribution in [2.24, 2.45) is 0 Å². The van der Waals surface area contributed by atoms with Crippen LogP contribution in [0.2, 0.25) is 0 Å². The lowest BCUT2D eigenvalue weighted by Gasteiger charge is -2.32. The van der Waals surface area contributed by atoms with Gasteiger partial charge in [0.25, 0.3) is 0 Å². The summed E-state index contributed by atoms with van der Waals surface area (Å²) in [5, 5.41) is 5.88. The maximum atomic E-state index is 4.80. The van der Waals surface area contributed by atoms with Gasteiger partial charge in [-0.05, 0) is 44.9 Å². The van der Waals surface area contributed by atoms with Crippen molar-refractivity contribution in [3.63, 3.8) is 0 Å². The highest BCUT2D eigenvalue weighted by molar-refractivity contribution is 5.78. The van der Waals surface area contributed by atoms with Crippen molar-refractivity contribution in [2.75, 3.05) is 13.1 Å². The minimum Gasteiger partial charge on any atom is -0.297 e. The monoisotopic (exact) mass is 320 g/mol. The molecule has 0 N–H and O–H groups in total. The van der Waals surface area contributed by atoms with E-state index in [-0.39, 0.29) is 0 Å². The zero-order valence-corrected chi connectivity index (χ0v) is 14.4. The van der Waals surface area contributed by atoms with Crippen molar-refractivity contribution in [1.82, 2.24) is 19.7 Å². The van der Waals surface area contributed by atoms with Crippen LogP contribution < -0.4 is 0 Å². The van der Waals surface area contributed by atoms with E-state index in [1.54, 1.807) is 0 Å². The number of rotatable bonds is 3. The summed E-state index contributed by atoms with van der Waals surface area (Å²) in [5.41, 5.74) is 4.66. The van der Waals surface area contributed by atoms with Crippen molar-refractivity contribution in [1.29, 1.82) is 0 Å². The Morgan fingerprint density at radius 1 is 1.04 bits per heavy atom. The molecule has 0 bridgehead atoms. The van der Waals surface area contributed by atoms with Crippen LogP contribution in [0.15, 0.2) is 42.5 Å². The molecule has 1 fully saturated rings. The number of nitrogens with zero attached hydrogens (tertiary/aromatic N) is 4. The number of likely N-dealkylation sites (tertiary alicyclic amines) is 1. The van der Waals surface area contributed by atoms with Gasteiger partial charge in [-0.3, -0.25) is 14.6 Å². The second-order valence-corrected chi connectivity index (χ2v) is 6.87. The summed E-state index contributed by atoms with van der Waals surface area (Å²) in [5.74, 6) is 0. The Morgan fingerprint density at radius 3 is 2.58 bits per heavy atom. The maximum Gasteiger partial charge on any atom is 0.0705 e. The summed E-state index contributed by atoms with van der Waals surface area (Å²) in [6.45, 7) is 7.39. The van der Waals surface area contributed by atoms with E-state index >= 15 is 0 Å². The Morgan fingerprint density at radius 2 is 1.83 bits per heavy atom. The Kier molecular flexibility index (Phi) is 4.07. The lowest BCUT2D eigenvalue weighted by Crippen LogP contribution is -2.35. The van der Waals surface area contributed by atoms with Crippen LogP contribution in [0.4, 0.5) is 0 Å². The van der Waals surface area contributed by atoms with Crippen LogP contribution in [0.5, 0.6) is 0 Å². The van der Waals surface area contributed by atoms with Crippen molar-refractivity contribution in [2.45, 2.75) is 39.3 Å². The molecule has 0 radical (unpaired) electrons. The quantitative estimate of drug-likeness (QED) is 0.734. The topological polar surface area (TPSA) is 34.0 Å². The van der Waals surface area contributed by atoms with E-state index in [4.69, 9.17) is 4.98 Å². The van der Waals surface area contributed by atoms with Gasteiger partial charge in [0.05, 0.1) is 22.9 Å². The molecule has 0 unspecified atom stereocenters. The first-order valence-corrected chi connectivity index (χ1v) is 8.79. The molecule has 4 rings (SSSR count). The summed E-state index contributed by atoms with van der Waals surface area (Å²) in [6.07, 6.45) is 2.32. The lowest BCUT2D eigenvalue weighted by atomic mass is 10.0. The molecule has 0 spiro atoms. The predicted octanol–water partition coefficient (Wildman–Crippen LogP) is 3.89. The minimum absolute atomic E-state index is 0.541. The third-order valence-electron chi connectivity index (χ3n) is 4.99. The smallest absolute Gasteiger partial charge is 0.0705 e. The molecule has 0 aliphatic carbocycles. The van der Waals surface area contributed by atoms with Gasteiger partial charge in [-0.25, -0.2) is 0 Å². The zero-order valence-electron chi connectivity index (χ0n) is 14.4. The van der Waals surface area contributed by atoms with Crippen molar-refractivity contribution in [3.8, 4) is 0 Å². The number of aromatic nitrogens is 3. The number of aryl methyl sites for hydroxylation is 2. The number of pyridine rings is 1. The minimum atomic E-state index is 0.541. The largest absolute Gasteiger partial charge is 0.297 e. The molecule has 0 atom stereocenters. The van der Waals surface area contributed by atoms with Gasteiger partial charge in [0, 0.05) is 30.7 Å². The summed E-state index contributed by atoms with van der Waals surface area (Å²) in [6, 6.07) is 15.4. The van der Waals surface area contributed by atoms with Gasteiger partial charge in [-0.1, -0.05) is 24.3 Å². The average molecular weight is 320 g/mol. The van der Waals surface area contributed by atoms with E-state index in [1.807, 2.05) is 0 Å². The fourth-order valence-electron chi connectivity index (χ4n) is 3.76. The Hall–Kier alpha value is -2.20. The van der Waals surface area contributed by atoms with E-state index in [2.05, 4.69) is 71.0 Å². The third kappa shape index (κ3) is 3.06. The predicted molar refractivity (Wildman–Crippen MR) is 97.0 cm³/mol. The highest BCUT2D eigenvalue weighted by Crippen LogP contribution is 2.25. The molecule has 1 saturated heterocycles. The zero-order chi connectivity index (χ0) is 16.5. The summed E-state index contributed by atoms with van der Waals surface area (Å²) < 4.78 is 2.22. The molecule has 3 aromatic rings. The van der Waals surface area contributed by atoms with Crippen LogP contribution in [-0.2, 0) is 6.54 Å². The van der Waals surface area contributed by atoms with Gasteiger partial charge in [0.15, 0.2) is 0 Å². The first kappa shape index (κ1) is 15.3. The van der Waals surface area contributed by atoms with Crippen LogP contribution in [0, 0.1) is 13.8 Å². The first-order valence-electron chi connectivity index (χ1n) is 8.79.